The second kappa shape index (κ2) is 6.12. The molecule has 0 unspecified atom stereocenters. The van der Waals surface area contributed by atoms with Crippen LogP contribution in [0.5, 0.6) is 0 Å². The summed E-state index contributed by atoms with van der Waals surface area (Å²) in [6.07, 6.45) is 0. The average Bonchev–Trinajstić information content (AvgIpc) is 2.76. The van der Waals surface area contributed by atoms with E-state index in [-0.39, 0.29) is 5.56 Å². The van der Waals surface area contributed by atoms with Gasteiger partial charge in [0.2, 0.25) is 5.13 Å². The maximum Gasteiger partial charge on any atom is 0.260 e. The van der Waals surface area contributed by atoms with Crippen molar-refractivity contribution in [2.45, 2.75) is 23.4 Å². The molecule has 4 nitrogen and oxygen atoms in total. The Hall–Kier alpha value is -1.47. The molecule has 1 N–H and O–H groups in total. The molecule has 1 heterocycles. The summed E-state index contributed by atoms with van der Waals surface area (Å²) in [4.78, 5) is 11.8. The molecular formula is C12H12FN3OS2. The first-order valence-corrected chi connectivity index (χ1v) is 7.32. The number of nitrogens with one attached hydrogen (secondary N) is 1. The fourth-order valence-corrected chi connectivity index (χ4v) is 3.29. The van der Waals surface area contributed by atoms with Crippen molar-refractivity contribution >= 4 is 34.1 Å². The van der Waals surface area contributed by atoms with E-state index < -0.39 is 11.7 Å². The van der Waals surface area contributed by atoms with E-state index in [1.54, 1.807) is 17.8 Å². The molecule has 0 fully saturated rings. The van der Waals surface area contributed by atoms with E-state index in [2.05, 4.69) is 15.5 Å². The van der Waals surface area contributed by atoms with Crippen molar-refractivity contribution in [3.8, 4) is 0 Å². The lowest BCUT2D eigenvalue weighted by molar-refractivity contribution is 0.102. The highest BCUT2D eigenvalue weighted by Gasteiger charge is 2.14. The van der Waals surface area contributed by atoms with Gasteiger partial charge in [-0.25, -0.2) is 4.39 Å². The zero-order chi connectivity index (χ0) is 13.8. The Morgan fingerprint density at radius 1 is 1.37 bits per heavy atom. The Morgan fingerprint density at radius 2 is 2.11 bits per heavy atom. The molecule has 1 amide bonds. The molecular weight excluding hydrogens is 285 g/mol. The largest absolute Gasteiger partial charge is 0.296 e. The van der Waals surface area contributed by atoms with Crippen LogP contribution in [-0.4, -0.2) is 21.4 Å². The van der Waals surface area contributed by atoms with Gasteiger partial charge in [0.25, 0.3) is 5.91 Å². The van der Waals surface area contributed by atoms with Crippen LogP contribution in [0.1, 0.15) is 24.2 Å². The summed E-state index contributed by atoms with van der Waals surface area (Å²) in [6, 6.07) is 5.82. The number of halogens is 1. The summed E-state index contributed by atoms with van der Waals surface area (Å²) in [5, 5.41) is 11.1. The minimum atomic E-state index is -0.554. The van der Waals surface area contributed by atoms with Crippen molar-refractivity contribution in [3.63, 3.8) is 0 Å². The zero-order valence-corrected chi connectivity index (χ0v) is 12.0. The maximum atomic E-state index is 13.4. The lowest BCUT2D eigenvalue weighted by Gasteiger charge is -2.01. The molecule has 1 aromatic carbocycles. The normalized spacial score (nSPS) is 10.7. The van der Waals surface area contributed by atoms with E-state index in [0.29, 0.717) is 10.4 Å². The van der Waals surface area contributed by atoms with Crippen molar-refractivity contribution < 1.29 is 9.18 Å². The second-order valence-corrected chi connectivity index (χ2v) is 6.77. The molecule has 1 aromatic heterocycles. The fraction of sp³-hybridized carbons (Fsp3) is 0.250. The van der Waals surface area contributed by atoms with Gasteiger partial charge in [-0.1, -0.05) is 49.1 Å². The Kier molecular flexibility index (Phi) is 4.49. The van der Waals surface area contributed by atoms with Crippen LogP contribution >= 0.6 is 23.1 Å². The minimum absolute atomic E-state index is 0.00392. The van der Waals surface area contributed by atoms with E-state index >= 15 is 0 Å². The number of thioether (sulfide) groups is 1. The molecule has 0 saturated heterocycles. The first-order chi connectivity index (χ1) is 9.06. The number of carbonyl (C=O) groups is 1. The first-order valence-electron chi connectivity index (χ1n) is 5.62. The SMILES string of the molecule is CC(C)Sc1nnc(NC(=O)c2ccccc2F)s1. The van der Waals surface area contributed by atoms with Crippen LogP contribution in [0, 0.1) is 5.82 Å². The van der Waals surface area contributed by atoms with Crippen molar-refractivity contribution in [2.24, 2.45) is 0 Å². The van der Waals surface area contributed by atoms with Gasteiger partial charge < -0.3 is 0 Å². The quantitative estimate of drug-likeness (QED) is 0.694. The lowest BCUT2D eigenvalue weighted by atomic mass is 10.2. The Bertz CT molecular complexity index is 586. The minimum Gasteiger partial charge on any atom is -0.296 e. The molecule has 0 aliphatic heterocycles. The van der Waals surface area contributed by atoms with E-state index in [9.17, 15) is 9.18 Å². The average molecular weight is 297 g/mol. The summed E-state index contributed by atoms with van der Waals surface area (Å²) in [6.45, 7) is 4.09. The third kappa shape index (κ3) is 3.74. The third-order valence-corrected chi connectivity index (χ3v) is 4.01. The van der Waals surface area contributed by atoms with Crippen molar-refractivity contribution in [2.75, 3.05) is 5.32 Å². The smallest absolute Gasteiger partial charge is 0.260 e. The number of benzene rings is 1. The molecule has 100 valence electrons. The Morgan fingerprint density at radius 3 is 2.79 bits per heavy atom. The van der Waals surface area contributed by atoms with Crippen molar-refractivity contribution in [3.05, 3.63) is 35.6 Å². The number of carbonyl (C=O) groups excluding carboxylic acids is 1. The molecule has 2 rings (SSSR count). The van der Waals surface area contributed by atoms with Crippen LogP contribution in [0.4, 0.5) is 9.52 Å². The summed E-state index contributed by atoms with van der Waals surface area (Å²) in [7, 11) is 0. The molecule has 0 aliphatic carbocycles. The number of aromatic nitrogens is 2. The van der Waals surface area contributed by atoms with Crippen molar-refractivity contribution in [1.82, 2.24) is 10.2 Å². The topological polar surface area (TPSA) is 54.9 Å². The van der Waals surface area contributed by atoms with Gasteiger partial charge in [-0.3, -0.25) is 10.1 Å². The number of amides is 1. The number of rotatable bonds is 4. The Balaban J connectivity index is 2.07. The molecule has 0 bridgehead atoms. The number of hydrogen-bond donors (Lipinski definition) is 1. The van der Waals surface area contributed by atoms with Crippen LogP contribution in [0.3, 0.4) is 0 Å². The van der Waals surface area contributed by atoms with Crippen molar-refractivity contribution in [1.29, 1.82) is 0 Å². The fourth-order valence-electron chi connectivity index (χ4n) is 1.32. The highest BCUT2D eigenvalue weighted by Crippen LogP contribution is 2.28. The van der Waals surface area contributed by atoms with Gasteiger partial charge in [0.05, 0.1) is 5.56 Å². The standard InChI is InChI=1S/C12H12FN3OS2/c1-7(2)18-12-16-15-11(19-12)14-10(17)8-5-3-4-6-9(8)13/h3-7H,1-2H3,(H,14,15,17). The van der Waals surface area contributed by atoms with E-state index in [4.69, 9.17) is 0 Å². The van der Waals surface area contributed by atoms with Gasteiger partial charge in [0.15, 0.2) is 4.34 Å². The van der Waals surface area contributed by atoms with E-state index in [0.717, 1.165) is 4.34 Å². The van der Waals surface area contributed by atoms with Gasteiger partial charge in [0, 0.05) is 5.25 Å². The van der Waals surface area contributed by atoms with Crippen LogP contribution < -0.4 is 5.32 Å². The van der Waals surface area contributed by atoms with E-state index in [1.807, 2.05) is 13.8 Å². The van der Waals surface area contributed by atoms with Crippen LogP contribution in [0.15, 0.2) is 28.6 Å². The van der Waals surface area contributed by atoms with Gasteiger partial charge in [-0.2, -0.15) is 0 Å². The number of hydrogen-bond acceptors (Lipinski definition) is 5. The zero-order valence-electron chi connectivity index (χ0n) is 10.4. The third-order valence-electron chi connectivity index (χ3n) is 2.08. The predicted octanol–water partition coefficient (Wildman–Crippen LogP) is 3.43. The molecule has 0 saturated carbocycles. The molecule has 2 aromatic rings. The Labute approximate surface area is 118 Å². The lowest BCUT2D eigenvalue weighted by Crippen LogP contribution is -2.13. The maximum absolute atomic E-state index is 13.4. The molecule has 0 spiro atoms. The van der Waals surface area contributed by atoms with Crippen LogP contribution in [-0.2, 0) is 0 Å². The molecule has 0 atom stereocenters. The van der Waals surface area contributed by atoms with Gasteiger partial charge in [-0.05, 0) is 12.1 Å². The summed E-state index contributed by atoms with van der Waals surface area (Å²) >= 11 is 2.84. The number of anilines is 1. The summed E-state index contributed by atoms with van der Waals surface area (Å²) < 4.78 is 14.2. The van der Waals surface area contributed by atoms with Gasteiger partial charge in [0.1, 0.15) is 5.82 Å². The first kappa shape index (κ1) is 14.0. The molecule has 7 heteroatoms. The highest BCUT2D eigenvalue weighted by atomic mass is 32.2. The highest BCUT2D eigenvalue weighted by molar-refractivity contribution is 8.01. The van der Waals surface area contributed by atoms with E-state index in [1.165, 1.54) is 29.5 Å². The van der Waals surface area contributed by atoms with Gasteiger partial charge >= 0.3 is 0 Å². The molecule has 0 radical (unpaired) electrons. The second-order valence-electron chi connectivity index (χ2n) is 3.97. The van der Waals surface area contributed by atoms with Gasteiger partial charge in [-0.15, -0.1) is 10.2 Å². The van der Waals surface area contributed by atoms with Crippen LogP contribution in [0.2, 0.25) is 0 Å². The van der Waals surface area contributed by atoms with Crippen LogP contribution in [0.25, 0.3) is 0 Å². The summed E-state index contributed by atoms with van der Waals surface area (Å²) in [5.74, 6) is -1.07. The monoisotopic (exact) mass is 297 g/mol. The predicted molar refractivity (Wildman–Crippen MR) is 75.3 cm³/mol. The molecule has 0 aliphatic rings. The number of nitrogens with zero attached hydrogens (tertiary/aromatic N) is 2. The molecule has 19 heavy (non-hydrogen) atoms. The summed E-state index contributed by atoms with van der Waals surface area (Å²) in [5.41, 5.74) is -0.00392.